The Kier molecular flexibility index (Phi) is 4.18. The number of imidazole rings is 1. The highest BCUT2D eigenvalue weighted by Gasteiger charge is 2.23. The summed E-state index contributed by atoms with van der Waals surface area (Å²) in [7, 11) is 1.72. The van der Waals surface area contributed by atoms with Gasteiger partial charge in [0, 0.05) is 13.8 Å². The maximum atomic E-state index is 5.54. The van der Waals surface area contributed by atoms with E-state index in [1.165, 1.54) is 33.8 Å². The summed E-state index contributed by atoms with van der Waals surface area (Å²) >= 11 is 0. The molecule has 0 fully saturated rings. The third-order valence-electron chi connectivity index (χ3n) is 4.70. The van der Waals surface area contributed by atoms with Gasteiger partial charge in [0.1, 0.15) is 17.1 Å². The zero-order valence-corrected chi connectivity index (χ0v) is 15.3. The van der Waals surface area contributed by atoms with Crippen LogP contribution in [0.15, 0.2) is 42.7 Å². The van der Waals surface area contributed by atoms with Crippen molar-refractivity contribution in [3.05, 3.63) is 70.8 Å². The zero-order chi connectivity index (χ0) is 17.4. The van der Waals surface area contributed by atoms with Gasteiger partial charge in [-0.2, -0.15) is 9.13 Å². The number of nitrogens with zero attached hydrogens (tertiary/aromatic N) is 2. The lowest BCUT2D eigenvalue weighted by molar-refractivity contribution is -0.602. The van der Waals surface area contributed by atoms with E-state index in [4.69, 9.17) is 4.74 Å². The fraction of sp³-hybridized carbons (Fsp3) is 0.286. The van der Waals surface area contributed by atoms with Crippen molar-refractivity contribution < 1.29 is 9.30 Å². The maximum Gasteiger partial charge on any atom is 0.254 e. The van der Waals surface area contributed by atoms with Crippen molar-refractivity contribution >= 4 is 0 Å². The minimum atomic E-state index is 0.875. The van der Waals surface area contributed by atoms with E-state index in [1.807, 2.05) is 18.2 Å². The van der Waals surface area contributed by atoms with Crippen molar-refractivity contribution in [1.29, 1.82) is 0 Å². The van der Waals surface area contributed by atoms with E-state index in [0.29, 0.717) is 0 Å². The molecule has 0 aliphatic heterocycles. The van der Waals surface area contributed by atoms with E-state index in [-0.39, 0.29) is 0 Å². The Bertz CT molecular complexity index is 883. The van der Waals surface area contributed by atoms with Crippen molar-refractivity contribution in [3.63, 3.8) is 0 Å². The number of benzene rings is 2. The number of hydrogen-bond acceptors (Lipinski definition) is 1. The van der Waals surface area contributed by atoms with Crippen LogP contribution < -0.4 is 9.30 Å². The lowest BCUT2D eigenvalue weighted by Gasteiger charge is -2.08. The van der Waals surface area contributed by atoms with Crippen LogP contribution in [0.2, 0.25) is 0 Å². The van der Waals surface area contributed by atoms with Crippen molar-refractivity contribution in [2.75, 3.05) is 7.11 Å². The van der Waals surface area contributed by atoms with Crippen LogP contribution in [-0.4, -0.2) is 11.7 Å². The Morgan fingerprint density at radius 1 is 0.917 bits per heavy atom. The molecule has 1 aromatic heterocycles. The molecule has 24 heavy (non-hydrogen) atoms. The smallest absolute Gasteiger partial charge is 0.254 e. The predicted octanol–water partition coefficient (Wildman–Crippen LogP) is 4.30. The number of rotatable bonds is 3. The van der Waals surface area contributed by atoms with Gasteiger partial charge in [-0.05, 0) is 44.0 Å². The summed E-state index contributed by atoms with van der Waals surface area (Å²) in [5.41, 5.74) is 8.63. The molecule has 0 amide bonds. The molecule has 0 aliphatic rings. The molecule has 0 radical (unpaired) electrons. The monoisotopic (exact) mass is 321 g/mol. The lowest BCUT2D eigenvalue weighted by Crippen LogP contribution is -2.33. The summed E-state index contributed by atoms with van der Waals surface area (Å²) in [6, 6.07) is 12.6. The van der Waals surface area contributed by atoms with Crippen LogP contribution in [0.1, 0.15) is 28.1 Å². The van der Waals surface area contributed by atoms with E-state index in [2.05, 4.69) is 68.3 Å². The summed E-state index contributed by atoms with van der Waals surface area (Å²) in [4.78, 5) is 0. The minimum absolute atomic E-state index is 0.875. The Hall–Kier alpha value is -2.55. The lowest BCUT2D eigenvalue weighted by atomic mass is 10.0. The second-order valence-corrected chi connectivity index (χ2v) is 6.45. The van der Waals surface area contributed by atoms with Gasteiger partial charge in [0.15, 0.2) is 11.4 Å². The first-order chi connectivity index (χ1) is 11.4. The van der Waals surface area contributed by atoms with Crippen LogP contribution in [0, 0.1) is 34.6 Å². The summed E-state index contributed by atoms with van der Waals surface area (Å²) < 4.78 is 10.0. The highest BCUT2D eigenvalue weighted by molar-refractivity contribution is 5.48. The Balaban J connectivity index is 2.24. The molecule has 0 saturated carbocycles. The second-order valence-electron chi connectivity index (χ2n) is 6.45. The Labute approximate surface area is 144 Å². The molecule has 3 rings (SSSR count). The first-order valence-corrected chi connectivity index (χ1v) is 8.26. The fourth-order valence-electron chi connectivity index (χ4n) is 3.49. The van der Waals surface area contributed by atoms with Crippen LogP contribution in [0.5, 0.6) is 5.75 Å². The van der Waals surface area contributed by atoms with Crippen molar-refractivity contribution in [3.8, 4) is 17.1 Å². The Morgan fingerprint density at radius 3 is 2.17 bits per heavy atom. The average molecular weight is 321 g/mol. The summed E-state index contributed by atoms with van der Waals surface area (Å²) in [6.45, 7) is 10.8. The largest absolute Gasteiger partial charge is 0.492 e. The maximum absolute atomic E-state index is 5.54. The third-order valence-corrected chi connectivity index (χ3v) is 4.70. The van der Waals surface area contributed by atoms with Gasteiger partial charge in [-0.25, -0.2) is 0 Å². The molecule has 1 heterocycles. The number of aromatic nitrogens is 2. The molecule has 0 bridgehead atoms. The summed E-state index contributed by atoms with van der Waals surface area (Å²) in [6.07, 6.45) is 2.16. The normalized spacial score (nSPS) is 10.9. The molecule has 3 heteroatoms. The van der Waals surface area contributed by atoms with E-state index in [0.717, 1.165) is 11.4 Å². The molecule has 124 valence electrons. The van der Waals surface area contributed by atoms with Gasteiger partial charge in [0.25, 0.3) is 6.33 Å². The minimum Gasteiger partial charge on any atom is -0.492 e. The van der Waals surface area contributed by atoms with Gasteiger partial charge in [-0.1, -0.05) is 29.8 Å². The first kappa shape index (κ1) is 16.3. The number of hydrogen-bond donors (Lipinski definition) is 0. The quantitative estimate of drug-likeness (QED) is 0.658. The fourth-order valence-corrected chi connectivity index (χ4v) is 3.49. The van der Waals surface area contributed by atoms with Crippen molar-refractivity contribution in [1.82, 2.24) is 4.57 Å². The molecular formula is C21H25N2O+. The van der Waals surface area contributed by atoms with Crippen LogP contribution >= 0.6 is 0 Å². The van der Waals surface area contributed by atoms with Gasteiger partial charge in [0.05, 0.1) is 7.11 Å². The van der Waals surface area contributed by atoms with Gasteiger partial charge in [-0.3, -0.25) is 0 Å². The van der Waals surface area contributed by atoms with Crippen LogP contribution in [-0.2, 0) is 0 Å². The van der Waals surface area contributed by atoms with Crippen LogP contribution in [0.25, 0.3) is 11.4 Å². The summed E-state index contributed by atoms with van der Waals surface area (Å²) in [5, 5.41) is 0. The van der Waals surface area contributed by atoms with Crippen molar-refractivity contribution in [2.24, 2.45) is 0 Å². The van der Waals surface area contributed by atoms with E-state index < -0.39 is 0 Å². The average Bonchev–Trinajstić information content (AvgIpc) is 2.83. The van der Waals surface area contributed by atoms with Gasteiger partial charge in [-0.15, -0.1) is 0 Å². The van der Waals surface area contributed by atoms with E-state index in [9.17, 15) is 0 Å². The molecule has 0 atom stereocenters. The first-order valence-electron chi connectivity index (χ1n) is 8.26. The van der Waals surface area contributed by atoms with Crippen molar-refractivity contribution in [2.45, 2.75) is 34.6 Å². The molecule has 0 N–H and O–H groups in total. The summed E-state index contributed by atoms with van der Waals surface area (Å²) in [5.74, 6) is 0.875. The number of methoxy groups -OCH3 is 1. The molecule has 2 aromatic carbocycles. The van der Waals surface area contributed by atoms with E-state index >= 15 is 0 Å². The molecule has 0 unspecified atom stereocenters. The van der Waals surface area contributed by atoms with Crippen LogP contribution in [0.3, 0.4) is 0 Å². The highest BCUT2D eigenvalue weighted by atomic mass is 16.5. The van der Waals surface area contributed by atoms with Gasteiger partial charge in [0.2, 0.25) is 0 Å². The predicted molar refractivity (Wildman–Crippen MR) is 97.5 cm³/mol. The Morgan fingerprint density at radius 2 is 1.54 bits per heavy atom. The standard InChI is InChI=1S/C21H25N2O/c1-14-11-15(2)21(16(3)12-14)23-13-22(17(4)18(23)5)19-9-7-8-10-20(19)24-6/h7-13H,1-6H3/q+1. The molecular weight excluding hydrogens is 296 g/mol. The third kappa shape index (κ3) is 2.60. The zero-order valence-electron chi connectivity index (χ0n) is 15.3. The molecule has 0 spiro atoms. The number of aryl methyl sites for hydroxylation is 3. The number of para-hydroxylation sites is 2. The topological polar surface area (TPSA) is 18.0 Å². The molecule has 0 aliphatic carbocycles. The number of ether oxygens (including phenoxy) is 1. The molecule has 0 saturated heterocycles. The van der Waals surface area contributed by atoms with E-state index in [1.54, 1.807) is 7.11 Å². The molecule has 3 aromatic rings. The highest BCUT2D eigenvalue weighted by Crippen LogP contribution is 2.25. The van der Waals surface area contributed by atoms with Gasteiger partial charge < -0.3 is 4.74 Å². The second kappa shape index (κ2) is 6.16. The van der Waals surface area contributed by atoms with Crippen LogP contribution in [0.4, 0.5) is 0 Å². The van der Waals surface area contributed by atoms with Gasteiger partial charge >= 0.3 is 0 Å². The SMILES string of the molecule is COc1ccccc1-n1c[n+](-c2c(C)cc(C)cc2C)c(C)c1C. The molecule has 3 nitrogen and oxygen atoms in total.